The number of alkyl carbamates (subject to hydrolysis) is 1. The third-order valence-corrected chi connectivity index (χ3v) is 2.53. The highest BCUT2D eigenvalue weighted by molar-refractivity contribution is 5.67. The van der Waals surface area contributed by atoms with Crippen molar-refractivity contribution in [3.05, 3.63) is 35.4 Å². The van der Waals surface area contributed by atoms with Crippen molar-refractivity contribution in [3.63, 3.8) is 0 Å². The number of benzene rings is 1. The Morgan fingerprint density at radius 3 is 2.19 bits per heavy atom. The molecule has 1 aromatic rings. The molecule has 0 fully saturated rings. The second kappa shape index (κ2) is 6.34. The summed E-state index contributed by atoms with van der Waals surface area (Å²) in [6.07, 6.45) is -5.00. The van der Waals surface area contributed by atoms with Crippen LogP contribution in [0.25, 0.3) is 0 Å². The summed E-state index contributed by atoms with van der Waals surface area (Å²) in [5.74, 6) is 0. The highest BCUT2D eigenvalue weighted by atomic mass is 19.4. The second-order valence-electron chi connectivity index (χ2n) is 5.61. The van der Waals surface area contributed by atoms with Gasteiger partial charge in [-0.1, -0.05) is 12.1 Å². The molecule has 0 aliphatic carbocycles. The molecule has 4 nitrogen and oxygen atoms in total. The first kappa shape index (κ1) is 17.3. The van der Waals surface area contributed by atoms with Crippen molar-refractivity contribution in [2.24, 2.45) is 5.73 Å². The van der Waals surface area contributed by atoms with Crippen LogP contribution < -0.4 is 11.1 Å². The van der Waals surface area contributed by atoms with Crippen molar-refractivity contribution in [1.29, 1.82) is 0 Å². The average molecular weight is 304 g/mol. The van der Waals surface area contributed by atoms with Gasteiger partial charge in [0, 0.05) is 12.6 Å². The topological polar surface area (TPSA) is 64.3 Å². The summed E-state index contributed by atoms with van der Waals surface area (Å²) in [6.45, 7) is 5.24. The maximum Gasteiger partial charge on any atom is 0.416 e. The van der Waals surface area contributed by atoms with Crippen LogP contribution in [0, 0.1) is 0 Å². The summed E-state index contributed by atoms with van der Waals surface area (Å²) in [7, 11) is 0. The highest BCUT2D eigenvalue weighted by Gasteiger charge is 2.30. The first-order chi connectivity index (χ1) is 9.49. The number of amides is 1. The van der Waals surface area contributed by atoms with Crippen LogP contribution >= 0.6 is 0 Å². The van der Waals surface area contributed by atoms with Crippen molar-refractivity contribution in [2.75, 3.05) is 6.54 Å². The fourth-order valence-electron chi connectivity index (χ4n) is 1.54. The van der Waals surface area contributed by atoms with E-state index in [0.717, 1.165) is 12.1 Å². The van der Waals surface area contributed by atoms with Gasteiger partial charge in [-0.2, -0.15) is 13.2 Å². The number of carbonyl (C=O) groups excluding carboxylic acids is 1. The zero-order valence-electron chi connectivity index (χ0n) is 12.1. The second-order valence-corrected chi connectivity index (χ2v) is 5.61. The molecule has 0 aromatic heterocycles. The number of hydrogen-bond donors (Lipinski definition) is 2. The van der Waals surface area contributed by atoms with E-state index in [-0.39, 0.29) is 6.54 Å². The minimum Gasteiger partial charge on any atom is -0.444 e. The SMILES string of the molecule is CC(C)(C)OC(=O)NC[C@@H](N)c1ccc(C(F)(F)F)cc1. The first-order valence-electron chi connectivity index (χ1n) is 6.38. The molecule has 118 valence electrons. The van der Waals surface area contributed by atoms with Crippen molar-refractivity contribution in [3.8, 4) is 0 Å². The molecule has 1 amide bonds. The molecule has 0 heterocycles. The Labute approximate surface area is 121 Å². The van der Waals surface area contributed by atoms with Gasteiger partial charge >= 0.3 is 12.3 Å². The van der Waals surface area contributed by atoms with E-state index in [1.807, 2.05) is 0 Å². The van der Waals surface area contributed by atoms with Gasteiger partial charge in [-0.05, 0) is 38.5 Å². The molecule has 0 radical (unpaired) electrons. The van der Waals surface area contributed by atoms with E-state index in [4.69, 9.17) is 10.5 Å². The van der Waals surface area contributed by atoms with Crippen LogP contribution in [0.2, 0.25) is 0 Å². The molecule has 1 rings (SSSR count). The van der Waals surface area contributed by atoms with E-state index in [1.54, 1.807) is 20.8 Å². The van der Waals surface area contributed by atoms with E-state index >= 15 is 0 Å². The molecule has 1 atom stereocenters. The lowest BCUT2D eigenvalue weighted by molar-refractivity contribution is -0.137. The van der Waals surface area contributed by atoms with E-state index < -0.39 is 29.5 Å². The predicted octanol–water partition coefficient (Wildman–Crippen LogP) is 3.23. The Bertz CT molecular complexity index is 478. The third kappa shape index (κ3) is 6.03. The van der Waals surface area contributed by atoms with E-state index in [2.05, 4.69) is 5.32 Å². The van der Waals surface area contributed by atoms with E-state index in [9.17, 15) is 18.0 Å². The van der Waals surface area contributed by atoms with Crippen LogP contribution in [0.15, 0.2) is 24.3 Å². The predicted molar refractivity (Wildman–Crippen MR) is 72.6 cm³/mol. The normalized spacial score (nSPS) is 13.7. The molecule has 0 aliphatic rings. The van der Waals surface area contributed by atoms with Crippen molar-refractivity contribution >= 4 is 6.09 Å². The number of rotatable bonds is 3. The van der Waals surface area contributed by atoms with Crippen LogP contribution in [0.5, 0.6) is 0 Å². The Morgan fingerprint density at radius 1 is 1.24 bits per heavy atom. The minimum atomic E-state index is -4.38. The molecule has 0 spiro atoms. The van der Waals surface area contributed by atoms with E-state index in [1.165, 1.54) is 12.1 Å². The van der Waals surface area contributed by atoms with Gasteiger partial charge in [0.25, 0.3) is 0 Å². The number of hydrogen-bond acceptors (Lipinski definition) is 3. The van der Waals surface area contributed by atoms with Crippen LogP contribution in [0.4, 0.5) is 18.0 Å². The van der Waals surface area contributed by atoms with Crippen LogP contribution in [0.1, 0.15) is 37.9 Å². The smallest absolute Gasteiger partial charge is 0.416 e. The van der Waals surface area contributed by atoms with Crippen LogP contribution in [-0.2, 0) is 10.9 Å². The third-order valence-electron chi connectivity index (χ3n) is 2.53. The molecule has 1 aromatic carbocycles. The lowest BCUT2D eigenvalue weighted by atomic mass is 10.1. The summed E-state index contributed by atoms with van der Waals surface area (Å²) in [6, 6.07) is 3.90. The Kier molecular flexibility index (Phi) is 5.22. The van der Waals surface area contributed by atoms with Gasteiger partial charge < -0.3 is 15.8 Å². The van der Waals surface area contributed by atoms with Crippen LogP contribution in [0.3, 0.4) is 0 Å². The number of alkyl halides is 3. The van der Waals surface area contributed by atoms with Crippen LogP contribution in [-0.4, -0.2) is 18.2 Å². The summed E-state index contributed by atoms with van der Waals surface area (Å²) < 4.78 is 42.3. The molecule has 0 bridgehead atoms. The monoisotopic (exact) mass is 304 g/mol. The fraction of sp³-hybridized carbons (Fsp3) is 0.500. The van der Waals surface area contributed by atoms with Gasteiger partial charge in [0.1, 0.15) is 5.60 Å². The van der Waals surface area contributed by atoms with Gasteiger partial charge in [-0.15, -0.1) is 0 Å². The number of halogens is 3. The van der Waals surface area contributed by atoms with Crippen molar-refractivity contribution in [1.82, 2.24) is 5.32 Å². The average Bonchev–Trinajstić information content (AvgIpc) is 2.33. The van der Waals surface area contributed by atoms with Gasteiger partial charge in [0.15, 0.2) is 0 Å². The molecule has 0 unspecified atom stereocenters. The minimum absolute atomic E-state index is 0.0697. The molecule has 0 aliphatic heterocycles. The van der Waals surface area contributed by atoms with Gasteiger partial charge in [-0.3, -0.25) is 0 Å². The fourth-order valence-corrected chi connectivity index (χ4v) is 1.54. The zero-order chi connectivity index (χ0) is 16.3. The maximum absolute atomic E-state index is 12.4. The largest absolute Gasteiger partial charge is 0.444 e. The summed E-state index contributed by atoms with van der Waals surface area (Å²) in [5, 5.41) is 2.47. The molecular weight excluding hydrogens is 285 g/mol. The quantitative estimate of drug-likeness (QED) is 0.901. The molecule has 7 heteroatoms. The standard InChI is InChI=1S/C14H19F3N2O2/c1-13(2,3)21-12(20)19-8-11(18)9-4-6-10(7-5-9)14(15,16)17/h4-7,11H,8,18H2,1-3H3,(H,19,20)/t11-/m1/s1. The lowest BCUT2D eigenvalue weighted by Crippen LogP contribution is -2.36. The maximum atomic E-state index is 12.4. The number of nitrogens with two attached hydrogens (primary N) is 1. The van der Waals surface area contributed by atoms with Gasteiger partial charge in [-0.25, -0.2) is 4.79 Å². The van der Waals surface area contributed by atoms with E-state index in [0.29, 0.717) is 5.56 Å². The van der Waals surface area contributed by atoms with Crippen molar-refractivity contribution in [2.45, 2.75) is 38.6 Å². The highest BCUT2D eigenvalue weighted by Crippen LogP contribution is 2.29. The molecule has 3 N–H and O–H groups in total. The number of carbonyl (C=O) groups is 1. The zero-order valence-corrected chi connectivity index (χ0v) is 12.1. The molecule has 21 heavy (non-hydrogen) atoms. The van der Waals surface area contributed by atoms with Gasteiger partial charge in [0.05, 0.1) is 5.56 Å². The van der Waals surface area contributed by atoms with Gasteiger partial charge in [0.2, 0.25) is 0 Å². The number of ether oxygens (including phenoxy) is 1. The summed E-state index contributed by atoms with van der Waals surface area (Å²) >= 11 is 0. The van der Waals surface area contributed by atoms with Crippen molar-refractivity contribution < 1.29 is 22.7 Å². The number of nitrogens with one attached hydrogen (secondary N) is 1. The molecule has 0 saturated heterocycles. The summed E-state index contributed by atoms with van der Waals surface area (Å²) in [5.41, 5.74) is 4.95. The Hall–Kier alpha value is -1.76. The Morgan fingerprint density at radius 2 is 1.76 bits per heavy atom. The Balaban J connectivity index is 2.56. The molecular formula is C14H19F3N2O2. The summed E-state index contributed by atoms with van der Waals surface area (Å²) in [4.78, 5) is 11.4. The lowest BCUT2D eigenvalue weighted by Gasteiger charge is -2.21. The first-order valence-corrected chi connectivity index (χ1v) is 6.38. The molecule has 0 saturated carbocycles.